The molecule has 1 fully saturated rings. The van der Waals surface area contributed by atoms with E-state index >= 15 is 0 Å². The molecule has 39 heavy (non-hydrogen) atoms. The molecule has 2 aromatic heterocycles. The molecule has 1 unspecified atom stereocenters. The molecule has 5 rings (SSSR count). The molecular weight excluding hydrogens is 537 g/mol. The zero-order valence-electron chi connectivity index (χ0n) is 21.1. The van der Waals surface area contributed by atoms with Crippen LogP contribution in [-0.4, -0.2) is 31.7 Å². The molecule has 1 atom stereocenters. The van der Waals surface area contributed by atoms with E-state index in [2.05, 4.69) is 9.97 Å². The summed E-state index contributed by atoms with van der Waals surface area (Å²) in [6, 6.07) is 21.4. The number of amides is 1. The lowest BCUT2D eigenvalue weighted by atomic mass is 9.95. The fourth-order valence-corrected chi connectivity index (χ4v) is 4.47. The van der Waals surface area contributed by atoms with Crippen molar-refractivity contribution in [1.82, 2.24) is 14.9 Å². The molecule has 9 heteroatoms. The highest BCUT2D eigenvalue weighted by Gasteiger charge is 2.46. The summed E-state index contributed by atoms with van der Waals surface area (Å²) in [7, 11) is 0. The average Bonchev–Trinajstić information content (AvgIpc) is 3.18. The largest absolute Gasteiger partial charge is 0.507 e. The van der Waals surface area contributed by atoms with Gasteiger partial charge in [-0.25, -0.2) is 0 Å². The molecule has 1 aliphatic rings. The third-order valence-corrected chi connectivity index (χ3v) is 6.32. The van der Waals surface area contributed by atoms with Gasteiger partial charge in [0.05, 0.1) is 11.6 Å². The number of aliphatic hydroxyl groups is 1. The van der Waals surface area contributed by atoms with Crippen LogP contribution in [-0.2, 0) is 22.7 Å². The van der Waals surface area contributed by atoms with E-state index in [0.29, 0.717) is 23.5 Å². The molecule has 7 nitrogen and oxygen atoms in total. The first-order valence-electron chi connectivity index (χ1n) is 11.9. The Hall–Kier alpha value is -4.20. The van der Waals surface area contributed by atoms with Gasteiger partial charge in [-0.1, -0.05) is 36.4 Å². The van der Waals surface area contributed by atoms with Gasteiger partial charge in [0.1, 0.15) is 18.1 Å². The SMILES string of the molecule is Cc1cc(/C(O)=C2\C(=O)C(=O)N(Cc3cccnc3)C2c2ccncc2)ccc1OCc1ccccc1.Cl.Cl. The molecule has 1 N–H and O–H groups in total. The number of rotatable bonds is 7. The lowest BCUT2D eigenvalue weighted by molar-refractivity contribution is -0.140. The van der Waals surface area contributed by atoms with Crippen LogP contribution in [0, 0.1) is 6.92 Å². The van der Waals surface area contributed by atoms with Gasteiger partial charge in [-0.05, 0) is 65.6 Å². The molecular formula is C30H27Cl2N3O4. The molecule has 200 valence electrons. The van der Waals surface area contributed by atoms with Crippen molar-refractivity contribution in [3.63, 3.8) is 0 Å². The summed E-state index contributed by atoms with van der Waals surface area (Å²) in [4.78, 5) is 36.0. The molecule has 2 aromatic carbocycles. The van der Waals surface area contributed by atoms with E-state index in [1.807, 2.05) is 43.3 Å². The van der Waals surface area contributed by atoms with Crippen molar-refractivity contribution in [1.29, 1.82) is 0 Å². The quantitative estimate of drug-likeness (QED) is 0.173. The first-order chi connectivity index (χ1) is 18.0. The van der Waals surface area contributed by atoms with Crippen LogP contribution in [0.3, 0.4) is 0 Å². The molecule has 0 radical (unpaired) electrons. The molecule has 0 spiro atoms. The van der Waals surface area contributed by atoms with Crippen LogP contribution in [0.1, 0.15) is 33.9 Å². The van der Waals surface area contributed by atoms with Crippen LogP contribution in [0.5, 0.6) is 5.75 Å². The number of ether oxygens (including phenoxy) is 1. The van der Waals surface area contributed by atoms with Crippen molar-refractivity contribution < 1.29 is 19.4 Å². The number of ketones is 1. The first-order valence-corrected chi connectivity index (χ1v) is 11.9. The van der Waals surface area contributed by atoms with Gasteiger partial charge in [-0.15, -0.1) is 24.8 Å². The number of aliphatic hydroxyl groups excluding tert-OH is 1. The normalized spacial score (nSPS) is 15.8. The minimum Gasteiger partial charge on any atom is -0.507 e. The summed E-state index contributed by atoms with van der Waals surface area (Å²) in [5.74, 6) is -0.966. The van der Waals surface area contributed by atoms with E-state index in [1.165, 1.54) is 4.90 Å². The smallest absolute Gasteiger partial charge is 0.295 e. The van der Waals surface area contributed by atoms with Crippen molar-refractivity contribution in [3.8, 4) is 5.75 Å². The van der Waals surface area contributed by atoms with Crippen molar-refractivity contribution in [2.24, 2.45) is 0 Å². The van der Waals surface area contributed by atoms with Gasteiger partial charge in [0.2, 0.25) is 0 Å². The summed E-state index contributed by atoms with van der Waals surface area (Å²) < 4.78 is 5.96. The fourth-order valence-electron chi connectivity index (χ4n) is 4.47. The Bertz CT molecular complexity index is 1470. The lowest BCUT2D eigenvalue weighted by Crippen LogP contribution is -2.29. The number of hydrogen-bond donors (Lipinski definition) is 1. The number of benzene rings is 2. The summed E-state index contributed by atoms with van der Waals surface area (Å²) >= 11 is 0. The predicted octanol–water partition coefficient (Wildman–Crippen LogP) is 5.83. The molecule has 4 aromatic rings. The zero-order valence-corrected chi connectivity index (χ0v) is 22.7. The highest BCUT2D eigenvalue weighted by atomic mass is 35.5. The maximum Gasteiger partial charge on any atom is 0.295 e. The van der Waals surface area contributed by atoms with E-state index in [4.69, 9.17) is 4.74 Å². The van der Waals surface area contributed by atoms with E-state index in [1.54, 1.807) is 61.2 Å². The highest BCUT2D eigenvalue weighted by Crippen LogP contribution is 2.40. The van der Waals surface area contributed by atoms with Crippen molar-refractivity contribution in [3.05, 3.63) is 131 Å². The number of nitrogens with zero attached hydrogens (tertiary/aromatic N) is 3. The Morgan fingerprint density at radius 1 is 0.897 bits per heavy atom. The minimum absolute atomic E-state index is 0. The van der Waals surface area contributed by atoms with E-state index in [0.717, 1.165) is 16.7 Å². The summed E-state index contributed by atoms with van der Waals surface area (Å²) in [5, 5.41) is 11.4. The van der Waals surface area contributed by atoms with Crippen LogP contribution in [0.25, 0.3) is 5.76 Å². The monoisotopic (exact) mass is 563 g/mol. The number of halogens is 2. The second kappa shape index (κ2) is 13.0. The number of hydrogen-bond acceptors (Lipinski definition) is 6. The highest BCUT2D eigenvalue weighted by molar-refractivity contribution is 6.46. The number of aryl methyl sites for hydroxylation is 1. The zero-order chi connectivity index (χ0) is 25.8. The molecule has 0 saturated carbocycles. The molecule has 0 aliphatic carbocycles. The second-order valence-corrected chi connectivity index (χ2v) is 8.82. The molecule has 1 amide bonds. The third-order valence-electron chi connectivity index (χ3n) is 6.32. The Morgan fingerprint density at radius 2 is 1.62 bits per heavy atom. The summed E-state index contributed by atoms with van der Waals surface area (Å²) in [5.41, 5.74) is 3.77. The average molecular weight is 564 g/mol. The molecule has 1 aliphatic heterocycles. The maximum atomic E-state index is 13.3. The number of carbonyl (C=O) groups is 2. The minimum atomic E-state index is -0.766. The van der Waals surface area contributed by atoms with Crippen LogP contribution >= 0.6 is 24.8 Å². The Balaban J connectivity index is 0.00000210. The number of Topliss-reactive ketones (excluding diaryl/α,β-unsaturated/α-hetero) is 1. The molecule has 3 heterocycles. The van der Waals surface area contributed by atoms with Gasteiger partial charge >= 0.3 is 0 Å². The van der Waals surface area contributed by atoms with Gasteiger partial charge in [0.15, 0.2) is 0 Å². The number of pyridine rings is 2. The molecule has 1 saturated heterocycles. The topological polar surface area (TPSA) is 92.6 Å². The van der Waals surface area contributed by atoms with Gasteiger partial charge in [-0.2, -0.15) is 0 Å². The van der Waals surface area contributed by atoms with Crippen molar-refractivity contribution >= 4 is 42.3 Å². The third kappa shape index (κ3) is 6.28. The molecule has 0 bridgehead atoms. The van der Waals surface area contributed by atoms with Crippen molar-refractivity contribution in [2.75, 3.05) is 0 Å². The number of carbonyl (C=O) groups excluding carboxylic acids is 2. The van der Waals surface area contributed by atoms with Gasteiger partial charge in [0.25, 0.3) is 11.7 Å². The van der Waals surface area contributed by atoms with Gasteiger partial charge in [-0.3, -0.25) is 19.6 Å². The van der Waals surface area contributed by atoms with Gasteiger partial charge < -0.3 is 14.7 Å². The Labute approximate surface area is 239 Å². The first kappa shape index (κ1) is 29.4. The van der Waals surface area contributed by atoms with Crippen LogP contribution in [0.15, 0.2) is 103 Å². The van der Waals surface area contributed by atoms with E-state index in [9.17, 15) is 14.7 Å². The van der Waals surface area contributed by atoms with E-state index in [-0.39, 0.29) is 42.7 Å². The van der Waals surface area contributed by atoms with Crippen LogP contribution in [0.2, 0.25) is 0 Å². The summed E-state index contributed by atoms with van der Waals surface area (Å²) in [6.45, 7) is 2.46. The Kier molecular flexibility index (Phi) is 9.82. The predicted molar refractivity (Wildman–Crippen MR) is 153 cm³/mol. The lowest BCUT2D eigenvalue weighted by Gasteiger charge is -2.25. The summed E-state index contributed by atoms with van der Waals surface area (Å²) in [6.07, 6.45) is 6.50. The van der Waals surface area contributed by atoms with Crippen LogP contribution in [0.4, 0.5) is 0 Å². The number of aromatic nitrogens is 2. The standard InChI is InChI=1S/C30H25N3O4.2ClH/c1-20-16-24(9-10-25(20)37-19-21-6-3-2-4-7-21)28(34)26-27(23-11-14-31-15-12-23)33(30(36)29(26)35)18-22-8-5-13-32-17-22;;/h2-17,27,34H,18-19H2,1H3;2*1H/b28-26+;;. The number of likely N-dealkylation sites (tertiary alicyclic amines) is 1. The van der Waals surface area contributed by atoms with E-state index < -0.39 is 17.7 Å². The van der Waals surface area contributed by atoms with Crippen LogP contribution < -0.4 is 4.74 Å². The maximum absolute atomic E-state index is 13.3. The Morgan fingerprint density at radius 3 is 2.28 bits per heavy atom. The second-order valence-electron chi connectivity index (χ2n) is 8.82. The van der Waals surface area contributed by atoms with Crippen molar-refractivity contribution in [2.45, 2.75) is 26.1 Å². The fraction of sp³-hybridized carbons (Fsp3) is 0.133. The van der Waals surface area contributed by atoms with Gasteiger partial charge in [0, 0.05) is 36.9 Å².